The Morgan fingerprint density at radius 1 is 0.442 bits per heavy atom. The molecule has 0 radical (unpaired) electrons. The molecule has 9 aromatic rings. The second kappa shape index (κ2) is 13.2. The maximum Gasteiger partial charge on any atom is 0.0546 e. The van der Waals surface area contributed by atoms with Crippen molar-refractivity contribution in [3.8, 4) is 22.3 Å². The van der Waals surface area contributed by atoms with E-state index in [4.69, 9.17) is 0 Å². The average Bonchev–Trinajstić information content (AvgIpc) is 3.21. The topological polar surface area (TPSA) is 3.24 Å². The van der Waals surface area contributed by atoms with Crippen molar-refractivity contribution in [2.45, 2.75) is 6.92 Å². The van der Waals surface area contributed by atoms with E-state index < -0.39 is 0 Å². The van der Waals surface area contributed by atoms with Gasteiger partial charge in [0.05, 0.1) is 5.69 Å². The first-order chi connectivity index (χ1) is 25.7. The zero-order chi connectivity index (χ0) is 35.0. The SMILES string of the molecule is C=C/C=C\c1c(C)cc(-c2ccc(N(c3ccc(-c4ccc5ccccc5c4)cc3)c3cc4ccccc4c4ccccc34)cc2)c2ccccc12. The number of aryl methyl sites for hydroxylation is 1. The first kappa shape index (κ1) is 31.3. The van der Waals surface area contributed by atoms with Crippen LogP contribution in [0.4, 0.5) is 17.1 Å². The summed E-state index contributed by atoms with van der Waals surface area (Å²) in [6.45, 7) is 6.08. The summed E-state index contributed by atoms with van der Waals surface area (Å²) in [5, 5.41) is 9.94. The van der Waals surface area contributed by atoms with Crippen molar-refractivity contribution < 1.29 is 0 Å². The van der Waals surface area contributed by atoms with Crippen LogP contribution in [0.25, 0.3) is 71.4 Å². The fraction of sp³-hybridized carbons (Fsp3) is 0.0196. The maximum atomic E-state index is 3.89. The average molecular weight is 664 g/mol. The molecule has 0 aliphatic heterocycles. The van der Waals surface area contributed by atoms with Gasteiger partial charge in [-0.3, -0.25) is 0 Å². The number of anilines is 3. The summed E-state index contributed by atoms with van der Waals surface area (Å²) in [6.07, 6.45) is 6.01. The monoisotopic (exact) mass is 663 g/mol. The molecule has 52 heavy (non-hydrogen) atoms. The molecular weight excluding hydrogens is 627 g/mol. The molecule has 0 saturated carbocycles. The molecule has 0 atom stereocenters. The predicted octanol–water partition coefficient (Wildman–Crippen LogP) is 14.6. The van der Waals surface area contributed by atoms with E-state index in [1.165, 1.54) is 76.5 Å². The minimum atomic E-state index is 1.11. The molecule has 0 amide bonds. The Balaban J connectivity index is 1.19. The lowest BCUT2D eigenvalue weighted by Crippen LogP contribution is -2.10. The van der Waals surface area contributed by atoms with Gasteiger partial charge in [0.15, 0.2) is 0 Å². The van der Waals surface area contributed by atoms with Gasteiger partial charge in [0.2, 0.25) is 0 Å². The summed E-state index contributed by atoms with van der Waals surface area (Å²) in [6, 6.07) is 64.2. The number of benzene rings is 9. The van der Waals surface area contributed by atoms with Gasteiger partial charge in [-0.25, -0.2) is 0 Å². The zero-order valence-corrected chi connectivity index (χ0v) is 29.1. The Morgan fingerprint density at radius 3 is 1.71 bits per heavy atom. The maximum absolute atomic E-state index is 3.89. The summed E-state index contributed by atoms with van der Waals surface area (Å²) in [5.41, 5.74) is 10.7. The lowest BCUT2D eigenvalue weighted by atomic mass is 9.91. The van der Waals surface area contributed by atoms with Crippen molar-refractivity contribution in [2.75, 3.05) is 4.90 Å². The summed E-state index contributed by atoms with van der Waals surface area (Å²) in [4.78, 5) is 2.41. The van der Waals surface area contributed by atoms with Gasteiger partial charge in [-0.15, -0.1) is 0 Å². The quantitative estimate of drug-likeness (QED) is 0.121. The molecule has 0 N–H and O–H groups in total. The Labute approximate surface area is 305 Å². The first-order valence-corrected chi connectivity index (χ1v) is 17.9. The van der Waals surface area contributed by atoms with Crippen molar-refractivity contribution in [1.29, 1.82) is 0 Å². The fourth-order valence-electron chi connectivity index (χ4n) is 7.77. The highest BCUT2D eigenvalue weighted by molar-refractivity contribution is 6.14. The second-order valence-corrected chi connectivity index (χ2v) is 13.4. The molecule has 0 aliphatic carbocycles. The Morgan fingerprint density at radius 2 is 1.00 bits per heavy atom. The summed E-state index contributed by atoms with van der Waals surface area (Å²) in [7, 11) is 0. The van der Waals surface area contributed by atoms with Gasteiger partial charge in [-0.2, -0.15) is 0 Å². The van der Waals surface area contributed by atoms with Crippen molar-refractivity contribution in [2.24, 2.45) is 0 Å². The number of allylic oxidation sites excluding steroid dienone is 2. The van der Waals surface area contributed by atoms with E-state index in [9.17, 15) is 0 Å². The van der Waals surface area contributed by atoms with Gasteiger partial charge in [-0.1, -0.05) is 164 Å². The largest absolute Gasteiger partial charge is 0.310 e. The molecule has 0 aromatic heterocycles. The number of fused-ring (bicyclic) bond motifs is 5. The highest BCUT2D eigenvalue weighted by Gasteiger charge is 2.18. The van der Waals surface area contributed by atoms with Gasteiger partial charge in [-0.05, 0) is 114 Å². The minimum Gasteiger partial charge on any atom is -0.310 e. The standard InChI is InChI=1S/C51H37N/c1-3-4-16-44-35(2)32-50(48-20-10-9-18-46(44)48)38-26-30-43(31-27-38)52(51-34-41-15-7-8-17-45(41)47-19-11-12-21-49(47)51)42-28-24-37(25-29-42)40-23-22-36-13-5-6-14-39(36)33-40/h3-34H,1H2,2H3/b16-4-. The third-order valence-electron chi connectivity index (χ3n) is 10.3. The van der Waals surface area contributed by atoms with E-state index in [0.717, 1.165) is 17.1 Å². The van der Waals surface area contributed by atoms with E-state index in [1.54, 1.807) is 0 Å². The minimum absolute atomic E-state index is 1.11. The number of hydrogen-bond acceptors (Lipinski definition) is 1. The highest BCUT2D eigenvalue weighted by Crippen LogP contribution is 2.43. The summed E-state index contributed by atoms with van der Waals surface area (Å²) in [5.74, 6) is 0. The third-order valence-corrected chi connectivity index (χ3v) is 10.3. The molecule has 246 valence electrons. The van der Waals surface area contributed by atoms with E-state index >= 15 is 0 Å². The molecular formula is C51H37N. The molecule has 0 saturated heterocycles. The lowest BCUT2D eigenvalue weighted by Gasteiger charge is -2.28. The van der Waals surface area contributed by atoms with E-state index in [2.05, 4.69) is 200 Å². The molecule has 0 heterocycles. The van der Waals surface area contributed by atoms with Crippen molar-refractivity contribution >= 4 is 66.2 Å². The highest BCUT2D eigenvalue weighted by atomic mass is 15.1. The zero-order valence-electron chi connectivity index (χ0n) is 29.1. The number of rotatable bonds is 7. The molecule has 0 aliphatic rings. The van der Waals surface area contributed by atoms with Gasteiger partial charge in [0.25, 0.3) is 0 Å². The third kappa shape index (κ3) is 5.54. The van der Waals surface area contributed by atoms with Crippen LogP contribution in [0, 0.1) is 6.92 Å². The molecule has 0 unspecified atom stereocenters. The number of hydrogen-bond donors (Lipinski definition) is 0. The van der Waals surface area contributed by atoms with Gasteiger partial charge >= 0.3 is 0 Å². The summed E-state index contributed by atoms with van der Waals surface area (Å²) >= 11 is 0. The van der Waals surface area contributed by atoms with Crippen LogP contribution in [0.2, 0.25) is 0 Å². The van der Waals surface area contributed by atoms with Gasteiger partial charge in [0.1, 0.15) is 0 Å². The van der Waals surface area contributed by atoms with E-state index in [0.29, 0.717) is 0 Å². The van der Waals surface area contributed by atoms with E-state index in [-0.39, 0.29) is 0 Å². The molecule has 9 rings (SSSR count). The molecule has 0 bridgehead atoms. The molecule has 1 heteroatoms. The fourth-order valence-corrected chi connectivity index (χ4v) is 7.77. The molecule has 0 spiro atoms. The van der Waals surface area contributed by atoms with Crippen molar-refractivity contribution in [3.05, 3.63) is 206 Å². The Hall–Kier alpha value is -6.70. The summed E-state index contributed by atoms with van der Waals surface area (Å²) < 4.78 is 0. The van der Waals surface area contributed by atoms with Crippen LogP contribution >= 0.6 is 0 Å². The van der Waals surface area contributed by atoms with Crippen LogP contribution in [0.1, 0.15) is 11.1 Å². The van der Waals surface area contributed by atoms with Crippen LogP contribution in [0.15, 0.2) is 195 Å². The number of nitrogens with zero attached hydrogens (tertiary/aromatic N) is 1. The van der Waals surface area contributed by atoms with Crippen molar-refractivity contribution in [3.63, 3.8) is 0 Å². The Bertz CT molecular complexity index is 2800. The Kier molecular flexibility index (Phi) is 7.95. The smallest absolute Gasteiger partial charge is 0.0546 e. The second-order valence-electron chi connectivity index (χ2n) is 13.4. The first-order valence-electron chi connectivity index (χ1n) is 17.9. The molecule has 0 fully saturated rings. The van der Waals surface area contributed by atoms with Crippen LogP contribution in [-0.4, -0.2) is 0 Å². The van der Waals surface area contributed by atoms with Crippen molar-refractivity contribution in [1.82, 2.24) is 0 Å². The van der Waals surface area contributed by atoms with Crippen LogP contribution in [0.3, 0.4) is 0 Å². The van der Waals surface area contributed by atoms with Crippen LogP contribution in [-0.2, 0) is 0 Å². The van der Waals surface area contributed by atoms with Gasteiger partial charge < -0.3 is 4.90 Å². The van der Waals surface area contributed by atoms with E-state index in [1.807, 2.05) is 12.2 Å². The van der Waals surface area contributed by atoms with Gasteiger partial charge in [0, 0.05) is 16.8 Å². The van der Waals surface area contributed by atoms with Crippen LogP contribution < -0.4 is 4.90 Å². The van der Waals surface area contributed by atoms with Crippen LogP contribution in [0.5, 0.6) is 0 Å². The predicted molar refractivity (Wildman–Crippen MR) is 226 cm³/mol. The molecule has 9 aromatic carbocycles. The lowest BCUT2D eigenvalue weighted by molar-refractivity contribution is 1.30. The normalized spacial score (nSPS) is 11.6. The molecule has 1 nitrogen and oxygen atoms in total.